The van der Waals surface area contributed by atoms with Crippen LogP contribution in [-0.2, 0) is 19.1 Å². The number of fused-ring (bicyclic) bond motifs is 2. The summed E-state index contributed by atoms with van der Waals surface area (Å²) in [5.74, 6) is -1.79. The van der Waals surface area contributed by atoms with Crippen LogP contribution in [0.25, 0.3) is 20.2 Å². The van der Waals surface area contributed by atoms with E-state index in [4.69, 9.17) is 9.47 Å². The third kappa shape index (κ3) is 3.48. The Morgan fingerprint density at radius 3 is 2.31 bits per heavy atom. The van der Waals surface area contributed by atoms with E-state index >= 15 is 0 Å². The normalized spacial score (nSPS) is 16.3. The lowest BCUT2D eigenvalue weighted by atomic mass is 9.80. The van der Waals surface area contributed by atoms with Crippen molar-refractivity contribution in [3.8, 4) is 0 Å². The fourth-order valence-electron chi connectivity index (χ4n) is 4.24. The number of methoxy groups -OCH3 is 1. The van der Waals surface area contributed by atoms with Gasteiger partial charge in [-0.2, -0.15) is 0 Å². The standard InChI is InChI=1S/C25H23NO5S/c1-5-31-25(29)20-14(3)26-13(2)19(24(28)30-4)21(20)16-10-8-11-17-22(27)15-9-6-7-12-18(15)32-23(16)17/h6-12,21,26H,5H2,1-4H3. The fraction of sp³-hybridized carbons (Fsp3) is 0.240. The predicted molar refractivity (Wildman–Crippen MR) is 126 cm³/mol. The Labute approximate surface area is 189 Å². The van der Waals surface area contributed by atoms with E-state index in [0.29, 0.717) is 38.9 Å². The summed E-state index contributed by atoms with van der Waals surface area (Å²) in [4.78, 5) is 39.1. The summed E-state index contributed by atoms with van der Waals surface area (Å²) in [6, 6.07) is 12.8. The van der Waals surface area contributed by atoms with Gasteiger partial charge in [-0.1, -0.05) is 24.3 Å². The second-order valence-corrected chi connectivity index (χ2v) is 8.55. The van der Waals surface area contributed by atoms with Crippen molar-refractivity contribution in [2.45, 2.75) is 26.7 Å². The molecule has 0 radical (unpaired) electrons. The Morgan fingerprint density at radius 2 is 1.62 bits per heavy atom. The molecule has 1 aliphatic heterocycles. The van der Waals surface area contributed by atoms with E-state index in [9.17, 15) is 14.4 Å². The van der Waals surface area contributed by atoms with Crippen molar-refractivity contribution in [1.82, 2.24) is 5.32 Å². The topological polar surface area (TPSA) is 81.7 Å². The summed E-state index contributed by atoms with van der Waals surface area (Å²) in [6.45, 7) is 5.48. The number of rotatable bonds is 4. The molecule has 164 valence electrons. The van der Waals surface area contributed by atoms with Crippen LogP contribution in [0.4, 0.5) is 0 Å². The van der Waals surface area contributed by atoms with Gasteiger partial charge in [0.25, 0.3) is 0 Å². The lowest BCUT2D eigenvalue weighted by Gasteiger charge is -2.30. The van der Waals surface area contributed by atoms with Gasteiger partial charge in [0.05, 0.1) is 30.8 Å². The Balaban J connectivity index is 2.08. The fourth-order valence-corrected chi connectivity index (χ4v) is 5.45. The van der Waals surface area contributed by atoms with Crippen LogP contribution in [0.5, 0.6) is 0 Å². The molecule has 0 spiro atoms. The van der Waals surface area contributed by atoms with E-state index in [1.54, 1.807) is 32.9 Å². The monoisotopic (exact) mass is 449 g/mol. The molecule has 0 amide bonds. The summed E-state index contributed by atoms with van der Waals surface area (Å²) >= 11 is 1.47. The molecular weight excluding hydrogens is 426 g/mol. The molecule has 0 saturated carbocycles. The first kappa shape index (κ1) is 21.8. The quantitative estimate of drug-likeness (QED) is 0.470. The maximum Gasteiger partial charge on any atom is 0.336 e. The van der Waals surface area contributed by atoms with Gasteiger partial charge < -0.3 is 14.8 Å². The predicted octanol–water partition coefficient (Wildman–Crippen LogP) is 4.39. The van der Waals surface area contributed by atoms with Gasteiger partial charge in [-0.25, -0.2) is 9.59 Å². The average molecular weight is 450 g/mol. The number of allylic oxidation sites excluding steroid dienone is 2. The van der Waals surface area contributed by atoms with Crippen LogP contribution in [0.2, 0.25) is 0 Å². The molecule has 1 aliphatic rings. The molecule has 0 aliphatic carbocycles. The minimum absolute atomic E-state index is 0.0798. The van der Waals surface area contributed by atoms with Crippen molar-refractivity contribution in [3.63, 3.8) is 0 Å². The average Bonchev–Trinajstić information content (AvgIpc) is 2.78. The molecule has 2 heterocycles. The molecule has 0 fully saturated rings. The summed E-state index contributed by atoms with van der Waals surface area (Å²) in [5.41, 5.74) is 2.46. The molecule has 1 N–H and O–H groups in total. The van der Waals surface area contributed by atoms with E-state index in [1.165, 1.54) is 18.4 Å². The lowest BCUT2D eigenvalue weighted by molar-refractivity contribution is -0.139. The van der Waals surface area contributed by atoms with Crippen LogP contribution in [0.3, 0.4) is 0 Å². The van der Waals surface area contributed by atoms with Gasteiger partial charge in [-0.05, 0) is 44.5 Å². The molecule has 4 rings (SSSR count). The van der Waals surface area contributed by atoms with Gasteiger partial charge in [-0.15, -0.1) is 11.3 Å². The number of carbonyl (C=O) groups excluding carboxylic acids is 2. The number of carbonyl (C=O) groups is 2. The largest absolute Gasteiger partial charge is 0.466 e. The number of hydrogen-bond acceptors (Lipinski definition) is 7. The summed E-state index contributed by atoms with van der Waals surface area (Å²) in [5, 5.41) is 4.31. The molecule has 1 aromatic heterocycles. The minimum atomic E-state index is -0.733. The summed E-state index contributed by atoms with van der Waals surface area (Å²) < 4.78 is 12.0. The number of ether oxygens (including phenoxy) is 2. The van der Waals surface area contributed by atoms with Gasteiger partial charge in [0.2, 0.25) is 0 Å². The van der Waals surface area contributed by atoms with E-state index in [2.05, 4.69) is 5.32 Å². The highest BCUT2D eigenvalue weighted by Gasteiger charge is 2.38. The first-order valence-electron chi connectivity index (χ1n) is 10.3. The highest BCUT2D eigenvalue weighted by molar-refractivity contribution is 7.24. The highest BCUT2D eigenvalue weighted by Crippen LogP contribution is 2.43. The lowest BCUT2D eigenvalue weighted by Crippen LogP contribution is -2.32. The van der Waals surface area contributed by atoms with Crippen molar-refractivity contribution in [3.05, 3.63) is 80.8 Å². The first-order valence-corrected chi connectivity index (χ1v) is 11.1. The molecular formula is C25H23NO5S. The van der Waals surface area contributed by atoms with Crippen molar-refractivity contribution >= 4 is 43.4 Å². The second-order valence-electron chi connectivity index (χ2n) is 7.50. The molecule has 32 heavy (non-hydrogen) atoms. The number of dihydropyridines is 1. The zero-order valence-corrected chi connectivity index (χ0v) is 19.1. The van der Waals surface area contributed by atoms with Crippen LogP contribution < -0.4 is 10.7 Å². The van der Waals surface area contributed by atoms with Crippen LogP contribution in [0.15, 0.2) is 69.8 Å². The van der Waals surface area contributed by atoms with Crippen molar-refractivity contribution in [1.29, 1.82) is 0 Å². The summed E-state index contributed by atoms with van der Waals surface area (Å²) in [6.07, 6.45) is 0. The van der Waals surface area contributed by atoms with Gasteiger partial charge in [0.1, 0.15) is 0 Å². The van der Waals surface area contributed by atoms with Crippen LogP contribution in [0.1, 0.15) is 32.3 Å². The molecule has 0 saturated heterocycles. The Kier molecular flexibility index (Phi) is 5.84. The van der Waals surface area contributed by atoms with Gasteiger partial charge in [0, 0.05) is 31.6 Å². The molecule has 3 aromatic rings. The first-order chi connectivity index (χ1) is 15.4. The van der Waals surface area contributed by atoms with Crippen LogP contribution in [-0.4, -0.2) is 25.7 Å². The van der Waals surface area contributed by atoms with E-state index < -0.39 is 17.9 Å². The molecule has 0 bridgehead atoms. The number of hydrogen-bond donors (Lipinski definition) is 1. The van der Waals surface area contributed by atoms with E-state index in [1.807, 2.05) is 30.3 Å². The number of benzene rings is 2. The molecule has 6 nitrogen and oxygen atoms in total. The van der Waals surface area contributed by atoms with Crippen molar-refractivity contribution in [2.75, 3.05) is 13.7 Å². The smallest absolute Gasteiger partial charge is 0.336 e. The minimum Gasteiger partial charge on any atom is -0.466 e. The summed E-state index contributed by atoms with van der Waals surface area (Å²) in [7, 11) is 1.31. The molecule has 2 aromatic carbocycles. The van der Waals surface area contributed by atoms with Gasteiger partial charge in [0.15, 0.2) is 5.43 Å². The highest BCUT2D eigenvalue weighted by atomic mass is 32.1. The third-order valence-corrected chi connectivity index (χ3v) is 6.84. The Morgan fingerprint density at radius 1 is 0.969 bits per heavy atom. The Hall–Kier alpha value is -3.45. The SMILES string of the molecule is CCOC(=O)C1=C(C)NC(C)=C(C(=O)OC)C1c1cccc2c(=O)c3ccccc3sc12. The van der Waals surface area contributed by atoms with E-state index in [0.717, 1.165) is 9.40 Å². The van der Waals surface area contributed by atoms with Crippen LogP contribution in [0, 0.1) is 0 Å². The van der Waals surface area contributed by atoms with Crippen molar-refractivity contribution < 1.29 is 19.1 Å². The number of nitrogens with one attached hydrogen (secondary N) is 1. The maximum atomic E-state index is 13.2. The Bertz CT molecular complexity index is 1380. The van der Waals surface area contributed by atoms with Gasteiger partial charge >= 0.3 is 11.9 Å². The van der Waals surface area contributed by atoms with Crippen molar-refractivity contribution in [2.24, 2.45) is 0 Å². The number of esters is 2. The molecule has 1 unspecified atom stereocenters. The molecule has 7 heteroatoms. The second kappa shape index (κ2) is 8.59. The zero-order chi connectivity index (χ0) is 23.0. The molecule has 1 atom stereocenters. The van der Waals surface area contributed by atoms with Gasteiger partial charge in [-0.3, -0.25) is 4.79 Å². The third-order valence-electron chi connectivity index (χ3n) is 5.61. The van der Waals surface area contributed by atoms with Crippen LogP contribution >= 0.6 is 11.3 Å². The maximum absolute atomic E-state index is 13.2. The zero-order valence-electron chi connectivity index (χ0n) is 18.3. The van der Waals surface area contributed by atoms with E-state index in [-0.39, 0.29) is 12.0 Å².